The van der Waals surface area contributed by atoms with E-state index in [2.05, 4.69) is 12.2 Å². The molecule has 2 N–H and O–H groups in total. The number of aryl methyl sites for hydroxylation is 2. The van der Waals surface area contributed by atoms with Crippen molar-refractivity contribution in [3.05, 3.63) is 47.3 Å². The van der Waals surface area contributed by atoms with E-state index in [0.29, 0.717) is 23.9 Å². The van der Waals surface area contributed by atoms with Gasteiger partial charge in [0, 0.05) is 18.0 Å². The SMILES string of the molecule is Cc1cc(CNC(C)CCc2ccco2)oc1C(=O)O. The lowest BCUT2D eigenvalue weighted by Gasteiger charge is -2.11. The van der Waals surface area contributed by atoms with Gasteiger partial charge in [-0.1, -0.05) is 0 Å². The fourth-order valence-corrected chi connectivity index (χ4v) is 2.04. The predicted octanol–water partition coefficient (Wildman–Crippen LogP) is 2.99. The largest absolute Gasteiger partial charge is 0.475 e. The van der Waals surface area contributed by atoms with Crippen LogP contribution in [0.4, 0.5) is 0 Å². The molecule has 0 bridgehead atoms. The molecule has 0 spiro atoms. The number of hydrogen-bond acceptors (Lipinski definition) is 4. The maximum absolute atomic E-state index is 10.9. The van der Waals surface area contributed by atoms with Gasteiger partial charge in [0.2, 0.25) is 5.76 Å². The van der Waals surface area contributed by atoms with Crippen molar-refractivity contribution in [3.8, 4) is 0 Å². The second-order valence-corrected chi connectivity index (χ2v) is 4.93. The number of carbonyl (C=O) groups is 1. The lowest BCUT2D eigenvalue weighted by Crippen LogP contribution is -2.25. The number of carboxylic acid groups (broad SMARTS) is 1. The average Bonchev–Trinajstić information content (AvgIpc) is 3.03. The van der Waals surface area contributed by atoms with Crippen molar-refractivity contribution >= 4 is 5.97 Å². The van der Waals surface area contributed by atoms with E-state index in [-0.39, 0.29) is 5.76 Å². The third-order valence-electron chi connectivity index (χ3n) is 3.19. The van der Waals surface area contributed by atoms with Crippen LogP contribution in [0.5, 0.6) is 0 Å². The lowest BCUT2D eigenvalue weighted by atomic mass is 10.1. The topological polar surface area (TPSA) is 75.6 Å². The van der Waals surface area contributed by atoms with E-state index in [0.717, 1.165) is 18.6 Å². The maximum atomic E-state index is 10.9. The molecular formula is C15H19NO4. The van der Waals surface area contributed by atoms with Crippen LogP contribution in [0.3, 0.4) is 0 Å². The first-order chi connectivity index (χ1) is 9.56. The van der Waals surface area contributed by atoms with Crippen molar-refractivity contribution < 1.29 is 18.7 Å². The summed E-state index contributed by atoms with van der Waals surface area (Å²) in [5, 5.41) is 12.2. The first-order valence-corrected chi connectivity index (χ1v) is 6.64. The van der Waals surface area contributed by atoms with E-state index in [4.69, 9.17) is 13.9 Å². The molecule has 0 fully saturated rings. The van der Waals surface area contributed by atoms with Crippen molar-refractivity contribution in [2.24, 2.45) is 0 Å². The van der Waals surface area contributed by atoms with Crippen molar-refractivity contribution in [3.63, 3.8) is 0 Å². The number of carboxylic acids is 1. The van der Waals surface area contributed by atoms with E-state index in [1.54, 1.807) is 19.3 Å². The van der Waals surface area contributed by atoms with Crippen LogP contribution >= 0.6 is 0 Å². The van der Waals surface area contributed by atoms with Crippen LogP contribution in [0.25, 0.3) is 0 Å². The Bertz CT molecular complexity index is 556. The Hall–Kier alpha value is -2.01. The van der Waals surface area contributed by atoms with Crippen LogP contribution < -0.4 is 5.32 Å². The molecule has 1 unspecified atom stereocenters. The zero-order valence-corrected chi connectivity index (χ0v) is 11.7. The number of furan rings is 2. The summed E-state index contributed by atoms with van der Waals surface area (Å²) in [6.45, 7) is 4.33. The summed E-state index contributed by atoms with van der Waals surface area (Å²) in [5.74, 6) is 0.607. The van der Waals surface area contributed by atoms with E-state index >= 15 is 0 Å². The summed E-state index contributed by atoms with van der Waals surface area (Å²) in [6, 6.07) is 5.89. The Balaban J connectivity index is 1.79. The quantitative estimate of drug-likeness (QED) is 0.813. The smallest absolute Gasteiger partial charge is 0.372 e. The maximum Gasteiger partial charge on any atom is 0.372 e. The standard InChI is InChI=1S/C15H19NO4/c1-10-8-13(20-14(10)15(17)18)9-16-11(2)5-6-12-4-3-7-19-12/h3-4,7-8,11,16H,5-6,9H2,1-2H3,(H,17,18). The second-order valence-electron chi connectivity index (χ2n) is 4.93. The van der Waals surface area contributed by atoms with Crippen LogP contribution in [0.15, 0.2) is 33.3 Å². The van der Waals surface area contributed by atoms with Gasteiger partial charge in [0.05, 0.1) is 12.8 Å². The molecule has 0 radical (unpaired) electrons. The zero-order chi connectivity index (χ0) is 14.5. The summed E-state index contributed by atoms with van der Waals surface area (Å²) < 4.78 is 10.6. The van der Waals surface area contributed by atoms with Gasteiger partial charge in [-0.25, -0.2) is 4.79 Å². The molecule has 108 valence electrons. The summed E-state index contributed by atoms with van der Waals surface area (Å²) in [4.78, 5) is 10.9. The third-order valence-corrected chi connectivity index (χ3v) is 3.19. The number of aromatic carboxylic acids is 1. The number of rotatable bonds is 7. The van der Waals surface area contributed by atoms with Crippen molar-refractivity contribution in [2.75, 3.05) is 0 Å². The molecule has 0 saturated heterocycles. The van der Waals surface area contributed by atoms with Gasteiger partial charge in [0.15, 0.2) is 0 Å². The Morgan fingerprint density at radius 2 is 2.25 bits per heavy atom. The molecule has 5 nitrogen and oxygen atoms in total. The van der Waals surface area contributed by atoms with Crippen LogP contribution in [0.1, 0.15) is 41.0 Å². The Morgan fingerprint density at radius 3 is 2.85 bits per heavy atom. The van der Waals surface area contributed by atoms with Gasteiger partial charge >= 0.3 is 5.97 Å². The highest BCUT2D eigenvalue weighted by atomic mass is 16.4. The molecule has 0 saturated carbocycles. The highest BCUT2D eigenvalue weighted by Crippen LogP contribution is 2.15. The normalized spacial score (nSPS) is 12.5. The van der Waals surface area contributed by atoms with E-state index in [1.165, 1.54) is 0 Å². The summed E-state index contributed by atoms with van der Waals surface area (Å²) in [7, 11) is 0. The van der Waals surface area contributed by atoms with Gasteiger partial charge in [-0.05, 0) is 38.5 Å². The van der Waals surface area contributed by atoms with Crippen LogP contribution in [-0.4, -0.2) is 17.1 Å². The van der Waals surface area contributed by atoms with Crippen molar-refractivity contribution in [2.45, 2.75) is 39.3 Å². The van der Waals surface area contributed by atoms with Gasteiger partial charge in [-0.2, -0.15) is 0 Å². The molecular weight excluding hydrogens is 258 g/mol. The van der Waals surface area contributed by atoms with Crippen LogP contribution in [-0.2, 0) is 13.0 Å². The molecule has 0 aliphatic carbocycles. The van der Waals surface area contributed by atoms with E-state index < -0.39 is 5.97 Å². The fourth-order valence-electron chi connectivity index (χ4n) is 2.04. The molecule has 0 aliphatic rings. The molecule has 2 rings (SSSR count). The van der Waals surface area contributed by atoms with Gasteiger partial charge in [-0.3, -0.25) is 0 Å². The Morgan fingerprint density at radius 1 is 1.45 bits per heavy atom. The van der Waals surface area contributed by atoms with Gasteiger partial charge < -0.3 is 19.3 Å². The summed E-state index contributed by atoms with van der Waals surface area (Å²) in [6.07, 6.45) is 3.49. The Kier molecular flexibility index (Phi) is 4.63. The minimum atomic E-state index is -1.03. The van der Waals surface area contributed by atoms with Crippen molar-refractivity contribution in [1.29, 1.82) is 0 Å². The first kappa shape index (κ1) is 14.4. The van der Waals surface area contributed by atoms with Crippen LogP contribution in [0.2, 0.25) is 0 Å². The summed E-state index contributed by atoms with van der Waals surface area (Å²) >= 11 is 0. The molecule has 2 heterocycles. The highest BCUT2D eigenvalue weighted by Gasteiger charge is 2.14. The monoisotopic (exact) mass is 277 g/mol. The predicted molar refractivity (Wildman–Crippen MR) is 73.7 cm³/mol. The fraction of sp³-hybridized carbons (Fsp3) is 0.400. The number of hydrogen-bond donors (Lipinski definition) is 2. The minimum Gasteiger partial charge on any atom is -0.475 e. The minimum absolute atomic E-state index is 0.0186. The second kappa shape index (κ2) is 6.43. The van der Waals surface area contributed by atoms with Gasteiger partial charge in [-0.15, -0.1) is 0 Å². The average molecular weight is 277 g/mol. The molecule has 2 aromatic rings. The van der Waals surface area contributed by atoms with Gasteiger partial charge in [0.25, 0.3) is 0 Å². The third kappa shape index (κ3) is 3.74. The molecule has 0 aliphatic heterocycles. The zero-order valence-electron chi connectivity index (χ0n) is 11.7. The molecule has 5 heteroatoms. The van der Waals surface area contributed by atoms with E-state index in [1.807, 2.05) is 12.1 Å². The van der Waals surface area contributed by atoms with Crippen molar-refractivity contribution in [1.82, 2.24) is 5.32 Å². The Labute approximate surface area is 117 Å². The molecule has 20 heavy (non-hydrogen) atoms. The molecule has 0 amide bonds. The lowest BCUT2D eigenvalue weighted by molar-refractivity contribution is 0.0659. The van der Waals surface area contributed by atoms with Crippen LogP contribution in [0, 0.1) is 6.92 Å². The first-order valence-electron chi connectivity index (χ1n) is 6.64. The molecule has 0 aromatic carbocycles. The molecule has 1 atom stereocenters. The van der Waals surface area contributed by atoms with Gasteiger partial charge in [0.1, 0.15) is 11.5 Å². The summed E-state index contributed by atoms with van der Waals surface area (Å²) in [5.41, 5.74) is 0.650. The molecule has 2 aromatic heterocycles. The number of nitrogens with one attached hydrogen (secondary N) is 1. The van der Waals surface area contributed by atoms with E-state index in [9.17, 15) is 4.79 Å². The highest BCUT2D eigenvalue weighted by molar-refractivity contribution is 5.86.